The van der Waals surface area contributed by atoms with E-state index in [1.54, 1.807) is 0 Å². The molecule has 1 aromatic carbocycles. The highest BCUT2D eigenvalue weighted by Gasteiger charge is 2.40. The minimum Gasteiger partial charge on any atom is -0.485 e. The average molecular weight is 343 g/mol. The van der Waals surface area contributed by atoms with E-state index in [9.17, 15) is 0 Å². The summed E-state index contributed by atoms with van der Waals surface area (Å²) in [5.74, 6) is 2.24. The smallest absolute Gasteiger partial charge is 0.266 e. The molecule has 0 bridgehead atoms. The molecule has 6 nitrogen and oxygen atoms in total. The molecule has 0 amide bonds. The summed E-state index contributed by atoms with van der Waals surface area (Å²) in [5, 5.41) is 4.25. The molecule has 1 fully saturated rings. The number of anilines is 1. The van der Waals surface area contributed by atoms with Gasteiger partial charge in [0.1, 0.15) is 11.4 Å². The quantitative estimate of drug-likeness (QED) is 0.792. The Morgan fingerprint density at radius 2 is 1.88 bits per heavy atom. The highest BCUT2D eigenvalue weighted by Crippen LogP contribution is 2.36. The Bertz CT molecular complexity index is 744. The summed E-state index contributed by atoms with van der Waals surface area (Å²) in [7, 11) is 0. The number of nitrogens with zero attached hydrogens (tertiary/aromatic N) is 3. The number of benzene rings is 1. The Morgan fingerprint density at radius 3 is 2.60 bits per heavy atom. The van der Waals surface area contributed by atoms with E-state index in [1.807, 2.05) is 18.2 Å². The van der Waals surface area contributed by atoms with Crippen LogP contribution in [0.4, 0.5) is 5.95 Å². The van der Waals surface area contributed by atoms with E-state index in [1.165, 1.54) is 0 Å². The molecule has 134 valence electrons. The number of rotatable bonds is 1. The van der Waals surface area contributed by atoms with Gasteiger partial charge >= 0.3 is 0 Å². The normalized spacial score (nSPS) is 20.0. The summed E-state index contributed by atoms with van der Waals surface area (Å²) in [6, 6.07) is 8.21. The van der Waals surface area contributed by atoms with Gasteiger partial charge in [0.2, 0.25) is 5.89 Å². The van der Waals surface area contributed by atoms with E-state index in [0.29, 0.717) is 18.4 Å². The maximum absolute atomic E-state index is 6.50. The maximum Gasteiger partial charge on any atom is 0.266 e. The SMILES string of the molecule is CC(C)(C)c1nc(N2Cc3ccccc3OC3(CCOCC3)C2)no1. The van der Waals surface area contributed by atoms with Crippen LogP contribution in [0.2, 0.25) is 0 Å². The standard InChI is InChI=1S/C19H25N3O3/c1-18(2,3)16-20-17(21-25-16)22-12-14-6-4-5-7-15(14)24-19(13-22)8-10-23-11-9-19/h4-7H,8-13H2,1-3H3. The van der Waals surface area contributed by atoms with Crippen molar-refractivity contribution in [2.75, 3.05) is 24.7 Å². The van der Waals surface area contributed by atoms with Gasteiger partial charge < -0.3 is 18.9 Å². The van der Waals surface area contributed by atoms with Gasteiger partial charge in [-0.2, -0.15) is 4.98 Å². The summed E-state index contributed by atoms with van der Waals surface area (Å²) >= 11 is 0. The van der Waals surface area contributed by atoms with Crippen molar-refractivity contribution in [1.29, 1.82) is 0 Å². The molecule has 0 saturated carbocycles. The number of aromatic nitrogens is 2. The van der Waals surface area contributed by atoms with Crippen LogP contribution in [0.1, 0.15) is 45.1 Å². The molecule has 0 radical (unpaired) electrons. The first-order valence-corrected chi connectivity index (χ1v) is 8.89. The Kier molecular flexibility index (Phi) is 3.95. The van der Waals surface area contributed by atoms with Crippen molar-refractivity contribution in [1.82, 2.24) is 10.1 Å². The third-order valence-electron chi connectivity index (χ3n) is 4.88. The van der Waals surface area contributed by atoms with Gasteiger partial charge in [0.15, 0.2) is 0 Å². The molecule has 6 heteroatoms. The van der Waals surface area contributed by atoms with Crippen LogP contribution in [0.25, 0.3) is 0 Å². The minimum atomic E-state index is -0.270. The molecule has 2 aliphatic rings. The summed E-state index contributed by atoms with van der Waals surface area (Å²) < 4.78 is 17.6. The van der Waals surface area contributed by atoms with E-state index >= 15 is 0 Å². The van der Waals surface area contributed by atoms with Crippen LogP contribution in [0.3, 0.4) is 0 Å². The molecule has 0 unspecified atom stereocenters. The van der Waals surface area contributed by atoms with Crippen LogP contribution in [0.5, 0.6) is 5.75 Å². The maximum atomic E-state index is 6.50. The van der Waals surface area contributed by atoms with Crippen LogP contribution in [-0.2, 0) is 16.7 Å². The van der Waals surface area contributed by atoms with Gasteiger partial charge in [0.25, 0.3) is 5.95 Å². The van der Waals surface area contributed by atoms with Crippen molar-refractivity contribution in [3.8, 4) is 5.75 Å². The summed E-state index contributed by atoms with van der Waals surface area (Å²) in [6.45, 7) is 9.10. The molecule has 0 aliphatic carbocycles. The molecule has 1 saturated heterocycles. The van der Waals surface area contributed by atoms with E-state index in [-0.39, 0.29) is 11.0 Å². The van der Waals surface area contributed by atoms with Crippen molar-refractivity contribution >= 4 is 5.95 Å². The summed E-state index contributed by atoms with van der Waals surface area (Å²) in [4.78, 5) is 6.84. The predicted molar refractivity (Wildman–Crippen MR) is 93.9 cm³/mol. The zero-order valence-electron chi connectivity index (χ0n) is 15.1. The molecule has 0 N–H and O–H groups in total. The first-order chi connectivity index (χ1) is 12.0. The molecular weight excluding hydrogens is 318 g/mol. The molecule has 3 heterocycles. The van der Waals surface area contributed by atoms with Gasteiger partial charge in [-0.25, -0.2) is 0 Å². The first-order valence-electron chi connectivity index (χ1n) is 8.89. The van der Waals surface area contributed by atoms with Gasteiger partial charge in [0, 0.05) is 30.4 Å². The molecular formula is C19H25N3O3. The van der Waals surface area contributed by atoms with Crippen molar-refractivity contribution in [2.24, 2.45) is 0 Å². The molecule has 2 aromatic rings. The van der Waals surface area contributed by atoms with Gasteiger partial charge in [0.05, 0.1) is 19.8 Å². The fraction of sp³-hybridized carbons (Fsp3) is 0.579. The van der Waals surface area contributed by atoms with Crippen LogP contribution in [0, 0.1) is 0 Å². The first kappa shape index (κ1) is 16.4. The number of hydrogen-bond donors (Lipinski definition) is 0. The van der Waals surface area contributed by atoms with E-state index in [2.05, 4.69) is 41.9 Å². The van der Waals surface area contributed by atoms with Gasteiger partial charge in [-0.3, -0.25) is 0 Å². The molecule has 4 rings (SSSR count). The Balaban J connectivity index is 1.70. The third-order valence-corrected chi connectivity index (χ3v) is 4.88. The number of fused-ring (bicyclic) bond motifs is 1. The number of ether oxygens (including phenoxy) is 2. The van der Waals surface area contributed by atoms with E-state index < -0.39 is 0 Å². The zero-order chi connectivity index (χ0) is 17.5. The fourth-order valence-electron chi connectivity index (χ4n) is 3.40. The lowest BCUT2D eigenvalue weighted by atomic mass is 9.93. The highest BCUT2D eigenvalue weighted by molar-refractivity contribution is 5.42. The van der Waals surface area contributed by atoms with Crippen molar-refractivity contribution in [3.63, 3.8) is 0 Å². The molecule has 1 spiro atoms. The van der Waals surface area contributed by atoms with Crippen molar-refractivity contribution in [2.45, 2.75) is 51.2 Å². The summed E-state index contributed by atoms with van der Waals surface area (Å²) in [6.07, 6.45) is 1.73. The number of para-hydroxylation sites is 1. The van der Waals surface area contributed by atoms with Gasteiger partial charge in [-0.15, -0.1) is 0 Å². The minimum absolute atomic E-state index is 0.165. The van der Waals surface area contributed by atoms with Gasteiger partial charge in [-0.05, 0) is 11.2 Å². The second-order valence-corrected chi connectivity index (χ2v) is 8.01. The molecule has 1 aromatic heterocycles. The monoisotopic (exact) mass is 343 g/mol. The molecule has 0 atom stereocenters. The van der Waals surface area contributed by atoms with Crippen LogP contribution in [-0.4, -0.2) is 35.5 Å². The highest BCUT2D eigenvalue weighted by atomic mass is 16.5. The van der Waals surface area contributed by atoms with Crippen molar-refractivity contribution in [3.05, 3.63) is 35.7 Å². The predicted octanol–water partition coefficient (Wildman–Crippen LogP) is 3.32. The number of hydrogen-bond acceptors (Lipinski definition) is 6. The average Bonchev–Trinajstić information content (AvgIpc) is 3.02. The Morgan fingerprint density at radius 1 is 1.12 bits per heavy atom. The van der Waals surface area contributed by atoms with E-state index in [0.717, 1.165) is 43.9 Å². The summed E-state index contributed by atoms with van der Waals surface area (Å²) in [5.41, 5.74) is 0.711. The lowest BCUT2D eigenvalue weighted by Crippen LogP contribution is -2.49. The second-order valence-electron chi connectivity index (χ2n) is 8.01. The fourth-order valence-corrected chi connectivity index (χ4v) is 3.40. The lowest BCUT2D eigenvalue weighted by Gasteiger charge is -2.38. The van der Waals surface area contributed by atoms with Crippen LogP contribution in [0.15, 0.2) is 28.8 Å². The zero-order valence-corrected chi connectivity index (χ0v) is 15.1. The Hall–Kier alpha value is -2.08. The Labute approximate surface area is 148 Å². The van der Waals surface area contributed by atoms with Crippen LogP contribution < -0.4 is 9.64 Å². The van der Waals surface area contributed by atoms with Crippen molar-refractivity contribution < 1.29 is 14.0 Å². The van der Waals surface area contributed by atoms with Crippen LogP contribution >= 0.6 is 0 Å². The molecule has 25 heavy (non-hydrogen) atoms. The topological polar surface area (TPSA) is 60.6 Å². The second kappa shape index (κ2) is 6.02. The molecule has 2 aliphatic heterocycles. The van der Waals surface area contributed by atoms with Gasteiger partial charge in [-0.1, -0.05) is 39.0 Å². The lowest BCUT2D eigenvalue weighted by molar-refractivity contribution is -0.0392. The van der Waals surface area contributed by atoms with E-state index in [4.69, 9.17) is 14.0 Å². The third kappa shape index (κ3) is 3.23. The largest absolute Gasteiger partial charge is 0.485 e.